The molecule has 0 spiro atoms. The number of nitrogens with zero attached hydrogens (tertiary/aromatic N) is 3. The van der Waals surface area contributed by atoms with Crippen molar-refractivity contribution in [1.29, 1.82) is 0 Å². The molecule has 0 radical (unpaired) electrons. The Hall–Kier alpha value is -3.05. The third kappa shape index (κ3) is 3.53. The van der Waals surface area contributed by atoms with Crippen LogP contribution in [0.15, 0.2) is 84.0 Å². The molecule has 0 saturated carbocycles. The van der Waals surface area contributed by atoms with E-state index in [-0.39, 0.29) is 5.91 Å². The normalized spacial score (nSPS) is 14.6. The zero-order chi connectivity index (χ0) is 19.5. The van der Waals surface area contributed by atoms with Gasteiger partial charge in [-0.05, 0) is 36.8 Å². The minimum absolute atomic E-state index is 0.113. The van der Waals surface area contributed by atoms with Crippen LogP contribution >= 0.6 is 11.8 Å². The van der Waals surface area contributed by atoms with E-state index in [0.29, 0.717) is 0 Å². The quantitative estimate of drug-likeness (QED) is 0.553. The van der Waals surface area contributed by atoms with E-state index < -0.39 is 0 Å². The Balaban J connectivity index is 1.77. The Morgan fingerprint density at radius 1 is 0.929 bits per heavy atom. The van der Waals surface area contributed by atoms with Crippen molar-refractivity contribution in [2.75, 3.05) is 15.8 Å². The second-order valence-corrected chi connectivity index (χ2v) is 7.51. The zero-order valence-corrected chi connectivity index (χ0v) is 16.7. The standard InChI is InChI=1S/C23H21N3OS/c1-17-10-6-8-14-21(17)25-16-28-23(20-13-7-9-15-22(20)25)24-26(18(2)27)19-11-4-3-5-12-19/h3-15H,16H2,1-2H3/b24-23-. The lowest BCUT2D eigenvalue weighted by Gasteiger charge is -2.33. The van der Waals surface area contributed by atoms with E-state index in [4.69, 9.17) is 5.10 Å². The Labute approximate surface area is 169 Å². The molecular weight excluding hydrogens is 366 g/mol. The van der Waals surface area contributed by atoms with Crippen molar-refractivity contribution in [2.24, 2.45) is 5.10 Å². The van der Waals surface area contributed by atoms with E-state index in [2.05, 4.69) is 48.2 Å². The van der Waals surface area contributed by atoms with Crippen molar-refractivity contribution in [3.63, 3.8) is 0 Å². The smallest absolute Gasteiger partial charge is 0.244 e. The van der Waals surface area contributed by atoms with Gasteiger partial charge in [0.15, 0.2) is 0 Å². The molecule has 0 saturated heterocycles. The minimum atomic E-state index is -0.113. The number of fused-ring (bicyclic) bond motifs is 1. The van der Waals surface area contributed by atoms with Crippen molar-refractivity contribution in [2.45, 2.75) is 13.8 Å². The number of anilines is 3. The third-order valence-electron chi connectivity index (χ3n) is 4.65. The van der Waals surface area contributed by atoms with Crippen LogP contribution in [0.5, 0.6) is 0 Å². The molecule has 3 aromatic rings. The van der Waals surface area contributed by atoms with Gasteiger partial charge in [0.05, 0.1) is 17.3 Å². The molecule has 0 bridgehead atoms. The number of carbonyl (C=O) groups is 1. The lowest BCUT2D eigenvalue weighted by atomic mass is 10.1. The largest absolute Gasteiger partial charge is 0.330 e. The maximum atomic E-state index is 12.3. The summed E-state index contributed by atoms with van der Waals surface area (Å²) in [6.45, 7) is 3.66. The summed E-state index contributed by atoms with van der Waals surface area (Å²) in [5.74, 6) is 0.624. The third-order valence-corrected chi connectivity index (χ3v) is 5.61. The van der Waals surface area contributed by atoms with E-state index in [1.807, 2.05) is 42.5 Å². The van der Waals surface area contributed by atoms with E-state index in [1.54, 1.807) is 11.8 Å². The van der Waals surface area contributed by atoms with Gasteiger partial charge < -0.3 is 4.90 Å². The van der Waals surface area contributed by atoms with E-state index in [9.17, 15) is 4.79 Å². The Bertz CT molecular complexity index is 1030. The van der Waals surface area contributed by atoms with Crippen molar-refractivity contribution in [1.82, 2.24) is 0 Å². The van der Waals surface area contributed by atoms with Gasteiger partial charge in [0.2, 0.25) is 5.91 Å². The number of hydrogen-bond donors (Lipinski definition) is 0. The molecule has 0 aromatic heterocycles. The minimum Gasteiger partial charge on any atom is -0.330 e. The summed E-state index contributed by atoms with van der Waals surface area (Å²) >= 11 is 1.64. The molecule has 28 heavy (non-hydrogen) atoms. The first-order valence-corrected chi connectivity index (χ1v) is 10.1. The lowest BCUT2D eigenvalue weighted by molar-refractivity contribution is -0.116. The summed E-state index contributed by atoms with van der Waals surface area (Å²) in [4.78, 5) is 14.6. The molecular formula is C23H21N3OS. The van der Waals surface area contributed by atoms with Crippen LogP contribution in [0.4, 0.5) is 17.1 Å². The topological polar surface area (TPSA) is 35.9 Å². The molecule has 1 aliphatic rings. The van der Waals surface area contributed by atoms with Crippen LogP contribution in [0.2, 0.25) is 0 Å². The molecule has 4 nitrogen and oxygen atoms in total. The molecule has 4 rings (SSSR count). The zero-order valence-electron chi connectivity index (χ0n) is 15.9. The van der Waals surface area contributed by atoms with Gasteiger partial charge in [-0.1, -0.05) is 66.4 Å². The number of rotatable bonds is 3. The van der Waals surface area contributed by atoms with Gasteiger partial charge in [-0.25, -0.2) is 0 Å². The highest BCUT2D eigenvalue weighted by Gasteiger charge is 2.25. The van der Waals surface area contributed by atoms with E-state index >= 15 is 0 Å². The van der Waals surface area contributed by atoms with E-state index in [0.717, 1.165) is 27.9 Å². The number of hydrogen-bond acceptors (Lipinski definition) is 4. The summed E-state index contributed by atoms with van der Waals surface area (Å²) in [5.41, 5.74) is 5.32. The second-order valence-electron chi connectivity index (χ2n) is 6.58. The Kier molecular flexibility index (Phi) is 5.17. The number of hydrazone groups is 1. The maximum Gasteiger partial charge on any atom is 0.244 e. The van der Waals surface area contributed by atoms with Crippen LogP contribution in [-0.2, 0) is 4.79 Å². The molecule has 140 valence electrons. The number of para-hydroxylation sites is 3. The predicted molar refractivity (Wildman–Crippen MR) is 118 cm³/mol. The fourth-order valence-corrected chi connectivity index (χ4v) is 4.28. The summed E-state index contributed by atoms with van der Waals surface area (Å²) in [5, 5.41) is 7.06. The summed E-state index contributed by atoms with van der Waals surface area (Å²) in [6.07, 6.45) is 0. The summed E-state index contributed by atoms with van der Waals surface area (Å²) < 4.78 is 0. The average Bonchev–Trinajstić information content (AvgIpc) is 2.73. The fourth-order valence-electron chi connectivity index (χ4n) is 3.28. The first kappa shape index (κ1) is 18.3. The van der Waals surface area contributed by atoms with Gasteiger partial charge in [0.25, 0.3) is 0 Å². The van der Waals surface area contributed by atoms with Crippen LogP contribution in [0.3, 0.4) is 0 Å². The predicted octanol–water partition coefficient (Wildman–Crippen LogP) is 5.55. The molecule has 0 unspecified atom stereocenters. The lowest BCUT2D eigenvalue weighted by Crippen LogP contribution is -2.28. The molecule has 5 heteroatoms. The van der Waals surface area contributed by atoms with Crippen molar-refractivity contribution in [3.05, 3.63) is 90.0 Å². The highest BCUT2D eigenvalue weighted by atomic mass is 32.2. The molecule has 0 atom stereocenters. The SMILES string of the molecule is CC(=O)N(/N=C1\SCN(c2ccccc2C)c2ccccc21)c1ccccc1. The Morgan fingerprint density at radius 3 is 2.29 bits per heavy atom. The average molecular weight is 388 g/mol. The molecule has 0 aliphatic carbocycles. The van der Waals surface area contributed by atoms with Gasteiger partial charge >= 0.3 is 0 Å². The van der Waals surface area contributed by atoms with Crippen LogP contribution < -0.4 is 9.91 Å². The van der Waals surface area contributed by atoms with Gasteiger partial charge in [0, 0.05) is 18.2 Å². The molecule has 1 aliphatic heterocycles. The van der Waals surface area contributed by atoms with Crippen LogP contribution in [-0.4, -0.2) is 16.8 Å². The molecule has 0 fully saturated rings. The van der Waals surface area contributed by atoms with Crippen LogP contribution in [0.25, 0.3) is 0 Å². The maximum absolute atomic E-state index is 12.3. The monoisotopic (exact) mass is 387 g/mol. The van der Waals surface area contributed by atoms with Gasteiger partial charge in [-0.3, -0.25) is 4.79 Å². The van der Waals surface area contributed by atoms with Gasteiger partial charge in [-0.15, -0.1) is 0 Å². The fraction of sp³-hybridized carbons (Fsp3) is 0.130. The number of carbonyl (C=O) groups excluding carboxylic acids is 1. The molecule has 1 heterocycles. The summed E-state index contributed by atoms with van der Waals surface area (Å²) in [6, 6.07) is 26.1. The number of aryl methyl sites for hydroxylation is 1. The Morgan fingerprint density at radius 2 is 1.57 bits per heavy atom. The molecule has 3 aromatic carbocycles. The number of thioether (sulfide) groups is 1. The highest BCUT2D eigenvalue weighted by Crippen LogP contribution is 2.39. The molecule has 1 amide bonds. The highest BCUT2D eigenvalue weighted by molar-refractivity contribution is 8.14. The number of amides is 1. The van der Waals surface area contributed by atoms with Gasteiger partial charge in [-0.2, -0.15) is 10.1 Å². The second kappa shape index (κ2) is 7.90. The van der Waals surface area contributed by atoms with Crippen LogP contribution in [0.1, 0.15) is 18.1 Å². The first-order valence-electron chi connectivity index (χ1n) is 9.15. The van der Waals surface area contributed by atoms with E-state index in [1.165, 1.54) is 23.2 Å². The summed E-state index contributed by atoms with van der Waals surface area (Å²) in [7, 11) is 0. The van der Waals surface area contributed by atoms with Crippen molar-refractivity contribution in [3.8, 4) is 0 Å². The first-order chi connectivity index (χ1) is 13.6. The molecule has 0 N–H and O–H groups in total. The van der Waals surface area contributed by atoms with Crippen molar-refractivity contribution < 1.29 is 4.79 Å². The van der Waals surface area contributed by atoms with Crippen LogP contribution in [0, 0.1) is 6.92 Å². The number of benzene rings is 3. The van der Waals surface area contributed by atoms with Gasteiger partial charge in [0.1, 0.15) is 5.04 Å². The van der Waals surface area contributed by atoms with Crippen molar-refractivity contribution >= 4 is 39.8 Å².